The molecule has 1 unspecified atom stereocenters. The highest BCUT2D eigenvalue weighted by molar-refractivity contribution is 6.27. The van der Waals surface area contributed by atoms with Crippen molar-refractivity contribution in [2.75, 3.05) is 17.2 Å². The summed E-state index contributed by atoms with van der Waals surface area (Å²) in [5.74, 6) is -0.887. The van der Waals surface area contributed by atoms with Crippen LogP contribution in [0, 0.1) is 0 Å². The molecular weight excluding hydrogens is 356 g/mol. The number of rotatable bonds is 4. The van der Waals surface area contributed by atoms with Gasteiger partial charge in [0.1, 0.15) is 17.5 Å². The van der Waals surface area contributed by atoms with Gasteiger partial charge in [-0.1, -0.05) is 30.3 Å². The summed E-state index contributed by atoms with van der Waals surface area (Å²) in [5.41, 5.74) is 3.04. The predicted octanol–water partition coefficient (Wildman–Crippen LogP) is 4.03. The third-order valence-corrected chi connectivity index (χ3v) is 4.80. The van der Waals surface area contributed by atoms with E-state index in [0.717, 1.165) is 16.9 Å². The number of carbonyl (C=O) groups is 2. The molecule has 0 spiro atoms. The molecule has 0 aliphatic carbocycles. The van der Waals surface area contributed by atoms with Gasteiger partial charge in [0.15, 0.2) is 17.4 Å². The van der Waals surface area contributed by atoms with Crippen LogP contribution < -0.4 is 10.6 Å². The van der Waals surface area contributed by atoms with E-state index in [9.17, 15) is 9.59 Å². The van der Waals surface area contributed by atoms with Crippen molar-refractivity contribution >= 4 is 22.9 Å². The van der Waals surface area contributed by atoms with E-state index in [1.54, 1.807) is 18.2 Å². The second-order valence-corrected chi connectivity index (χ2v) is 7.37. The van der Waals surface area contributed by atoms with Crippen LogP contribution in [0.5, 0.6) is 0 Å². The number of anilines is 2. The van der Waals surface area contributed by atoms with Gasteiger partial charge in [0, 0.05) is 5.56 Å². The Labute approximate surface area is 163 Å². The topological polar surface area (TPSA) is 76.7 Å². The molecule has 1 fully saturated rings. The smallest absolute Gasteiger partial charge is 0.200 e. The molecule has 0 radical (unpaired) electrons. The van der Waals surface area contributed by atoms with Gasteiger partial charge in [-0.3, -0.25) is 9.59 Å². The number of hydrogen-bond acceptors (Lipinski definition) is 6. The average Bonchev–Trinajstić information content (AvgIpc) is 3.24. The fourth-order valence-corrected chi connectivity index (χ4v) is 3.45. The Morgan fingerprint density at radius 2 is 1.71 bits per heavy atom. The maximum absolute atomic E-state index is 13.2. The second-order valence-electron chi connectivity index (χ2n) is 7.37. The molecule has 0 saturated carbocycles. The highest BCUT2D eigenvalue weighted by Gasteiger charge is 2.34. The zero-order valence-corrected chi connectivity index (χ0v) is 16.0. The molecule has 2 aromatic carbocycles. The molecule has 28 heavy (non-hydrogen) atoms. The van der Waals surface area contributed by atoms with Crippen LogP contribution in [0.2, 0.25) is 0 Å². The first-order valence-electron chi connectivity index (χ1n) is 9.19. The third-order valence-electron chi connectivity index (χ3n) is 4.80. The zero-order chi connectivity index (χ0) is 19.9. The molecule has 0 amide bonds. The first kappa shape index (κ1) is 18.4. The average molecular weight is 378 g/mol. The second kappa shape index (κ2) is 6.89. The number of ketones is 2. The maximum Gasteiger partial charge on any atom is 0.200 e. The quantitative estimate of drug-likeness (QED) is 0.362. The summed E-state index contributed by atoms with van der Waals surface area (Å²) in [6, 6.07) is 14.7. The van der Waals surface area contributed by atoms with Gasteiger partial charge in [-0.2, -0.15) is 0 Å². The number of hydrogen-bond donors (Lipinski definition) is 2. The van der Waals surface area contributed by atoms with Crippen molar-refractivity contribution in [1.82, 2.24) is 0 Å². The lowest BCUT2D eigenvalue weighted by Gasteiger charge is -2.17. The van der Waals surface area contributed by atoms with Crippen molar-refractivity contribution < 1.29 is 19.1 Å². The Balaban J connectivity index is 1.65. The Bertz CT molecular complexity index is 967. The number of fused-ring (bicyclic) bond motifs is 1. The summed E-state index contributed by atoms with van der Waals surface area (Å²) < 4.78 is 11.5. The molecule has 6 nitrogen and oxygen atoms in total. The fraction of sp³-hybridized carbons (Fsp3) is 0.273. The minimum atomic E-state index is -0.652. The molecule has 144 valence electrons. The van der Waals surface area contributed by atoms with E-state index in [0.29, 0.717) is 18.0 Å². The summed E-state index contributed by atoms with van der Waals surface area (Å²) in [7, 11) is 0. The number of Topliss-reactive ketones (excluding diaryl/α,β-unsaturated/α-hetero) is 2. The predicted molar refractivity (Wildman–Crippen MR) is 106 cm³/mol. The number of benzene rings is 2. The molecule has 0 aromatic heterocycles. The number of allylic oxidation sites excluding steroid dienone is 1. The highest BCUT2D eigenvalue weighted by atomic mass is 16.7. The first-order chi connectivity index (χ1) is 13.3. The molecule has 1 atom stereocenters. The Kier molecular flexibility index (Phi) is 4.53. The summed E-state index contributed by atoms with van der Waals surface area (Å²) in [5, 5.41) is 6.26. The lowest BCUT2D eigenvalue weighted by molar-refractivity contribution is -0.139. The molecule has 2 N–H and O–H groups in total. The van der Waals surface area contributed by atoms with E-state index in [1.165, 1.54) is 6.92 Å². The zero-order valence-electron chi connectivity index (χ0n) is 16.0. The van der Waals surface area contributed by atoms with Gasteiger partial charge < -0.3 is 20.1 Å². The largest absolute Gasteiger partial charge is 0.347 e. The van der Waals surface area contributed by atoms with Crippen molar-refractivity contribution in [1.29, 1.82) is 0 Å². The molecule has 2 aliphatic rings. The molecule has 0 bridgehead atoms. The fourth-order valence-electron chi connectivity index (χ4n) is 3.45. The van der Waals surface area contributed by atoms with Crippen LogP contribution in [0.4, 0.5) is 11.4 Å². The van der Waals surface area contributed by atoms with Gasteiger partial charge in [-0.25, -0.2) is 0 Å². The monoisotopic (exact) mass is 378 g/mol. The van der Waals surface area contributed by atoms with Crippen molar-refractivity contribution in [3.8, 4) is 0 Å². The summed E-state index contributed by atoms with van der Waals surface area (Å²) >= 11 is 0. The van der Waals surface area contributed by atoms with Crippen LogP contribution in [0.25, 0.3) is 0 Å². The minimum absolute atomic E-state index is 0.0947. The standard InChI is InChI=1S/C22H22N2O4/c1-13(25)19(21-23-16-9-4-5-10-17(16)24-21)20(26)15-8-6-7-14(11-15)18-12-27-22(2,3)28-18/h4-11,18,23-24H,12H2,1-3H3. The molecule has 1 saturated heterocycles. The van der Waals surface area contributed by atoms with Crippen molar-refractivity contribution in [2.24, 2.45) is 0 Å². The van der Waals surface area contributed by atoms with E-state index >= 15 is 0 Å². The van der Waals surface area contributed by atoms with Crippen molar-refractivity contribution in [2.45, 2.75) is 32.7 Å². The van der Waals surface area contributed by atoms with Gasteiger partial charge in [-0.05, 0) is 44.5 Å². The van der Waals surface area contributed by atoms with E-state index in [2.05, 4.69) is 10.6 Å². The Morgan fingerprint density at radius 3 is 2.29 bits per heavy atom. The maximum atomic E-state index is 13.2. The number of para-hydroxylation sites is 2. The normalized spacial score (nSPS) is 19.5. The van der Waals surface area contributed by atoms with Gasteiger partial charge in [0.05, 0.1) is 18.0 Å². The van der Waals surface area contributed by atoms with Gasteiger partial charge in [0.2, 0.25) is 0 Å². The van der Waals surface area contributed by atoms with E-state index in [-0.39, 0.29) is 23.2 Å². The Hall–Kier alpha value is -2.96. The molecule has 2 heterocycles. The summed E-state index contributed by atoms with van der Waals surface area (Å²) in [4.78, 5) is 25.5. The molecule has 6 heteroatoms. The van der Waals surface area contributed by atoms with Gasteiger partial charge >= 0.3 is 0 Å². The van der Waals surface area contributed by atoms with E-state index in [1.807, 2.05) is 44.2 Å². The highest BCUT2D eigenvalue weighted by Crippen LogP contribution is 2.34. The molecule has 2 aromatic rings. The van der Waals surface area contributed by atoms with Crippen molar-refractivity contribution in [3.05, 3.63) is 71.1 Å². The van der Waals surface area contributed by atoms with Gasteiger partial charge in [0.25, 0.3) is 0 Å². The lowest BCUT2D eigenvalue weighted by Crippen LogP contribution is -2.20. The lowest BCUT2D eigenvalue weighted by atomic mass is 9.97. The first-order valence-corrected chi connectivity index (χ1v) is 9.19. The Morgan fingerprint density at radius 1 is 1.04 bits per heavy atom. The molecule has 2 aliphatic heterocycles. The van der Waals surface area contributed by atoms with Crippen LogP contribution in [0.15, 0.2) is 59.9 Å². The summed E-state index contributed by atoms with van der Waals surface area (Å²) in [6.45, 7) is 5.53. The van der Waals surface area contributed by atoms with Crippen LogP contribution in [0.1, 0.15) is 42.8 Å². The SMILES string of the molecule is CC(=O)C(C(=O)c1cccc(C2COC(C)(C)O2)c1)=C1Nc2ccccc2N1. The van der Waals surface area contributed by atoms with E-state index in [4.69, 9.17) is 9.47 Å². The van der Waals surface area contributed by atoms with Crippen LogP contribution in [-0.2, 0) is 14.3 Å². The summed E-state index contributed by atoms with van der Waals surface area (Å²) in [6.07, 6.45) is -0.247. The van der Waals surface area contributed by atoms with Crippen molar-refractivity contribution in [3.63, 3.8) is 0 Å². The number of carbonyl (C=O) groups excluding carboxylic acids is 2. The molecular formula is C22H22N2O4. The molecule has 4 rings (SSSR count). The number of nitrogens with one attached hydrogen (secondary N) is 2. The van der Waals surface area contributed by atoms with Crippen LogP contribution >= 0.6 is 0 Å². The van der Waals surface area contributed by atoms with E-state index < -0.39 is 5.79 Å². The number of ether oxygens (including phenoxy) is 2. The van der Waals surface area contributed by atoms with Crippen LogP contribution in [0.3, 0.4) is 0 Å². The van der Waals surface area contributed by atoms with Gasteiger partial charge in [-0.15, -0.1) is 0 Å². The minimum Gasteiger partial charge on any atom is -0.347 e. The third kappa shape index (κ3) is 3.44. The van der Waals surface area contributed by atoms with Crippen LogP contribution in [-0.4, -0.2) is 24.0 Å².